The monoisotopic (exact) mass is 191 g/mol. The van der Waals surface area contributed by atoms with E-state index < -0.39 is 0 Å². The molecule has 1 rings (SSSR count). The normalized spacial score (nSPS) is 16.2. The largest absolute Gasteiger partial charge is 0.385 e. The second-order valence-electron chi connectivity index (χ2n) is 2.12. The highest BCUT2D eigenvalue weighted by atomic mass is 35.5. The van der Waals surface area contributed by atoms with Crippen molar-refractivity contribution in [2.45, 2.75) is 26.7 Å². The van der Waals surface area contributed by atoms with Gasteiger partial charge in [-0.2, -0.15) is 0 Å². The van der Waals surface area contributed by atoms with Crippen molar-refractivity contribution >= 4 is 11.6 Å². The van der Waals surface area contributed by atoms with Crippen molar-refractivity contribution < 1.29 is 4.39 Å². The molecule has 12 heavy (non-hydrogen) atoms. The second kappa shape index (κ2) is 6.06. The molecule has 0 saturated carbocycles. The smallest absolute Gasteiger partial charge is 0.143 e. The van der Waals surface area contributed by atoms with E-state index >= 15 is 0 Å². The van der Waals surface area contributed by atoms with Crippen LogP contribution in [-0.2, 0) is 0 Å². The third kappa shape index (κ3) is 2.86. The predicted molar refractivity (Wildman–Crippen MR) is 51.7 cm³/mol. The summed E-state index contributed by atoms with van der Waals surface area (Å²) in [5.74, 6) is -0.237. The summed E-state index contributed by atoms with van der Waals surface area (Å²) >= 11 is 5.71. The van der Waals surface area contributed by atoms with Gasteiger partial charge in [-0.25, -0.2) is 4.39 Å². The fourth-order valence-electron chi connectivity index (χ4n) is 0.937. The molecule has 0 aliphatic heterocycles. The molecule has 0 unspecified atom stereocenters. The van der Waals surface area contributed by atoms with Gasteiger partial charge in [-0.15, -0.1) is 0 Å². The summed E-state index contributed by atoms with van der Waals surface area (Å²) in [4.78, 5) is 0. The minimum atomic E-state index is -0.237. The molecule has 0 bridgehead atoms. The highest BCUT2D eigenvalue weighted by Gasteiger charge is 2.11. The summed E-state index contributed by atoms with van der Waals surface area (Å²) in [5.41, 5.74) is 0.438. The zero-order valence-corrected chi connectivity index (χ0v) is 8.50. The Labute approximate surface area is 78.3 Å². The Kier molecular flexibility index (Phi) is 5.81. The summed E-state index contributed by atoms with van der Waals surface area (Å²) in [7, 11) is 1.66. The minimum Gasteiger partial charge on any atom is -0.385 e. The molecule has 0 aromatic carbocycles. The van der Waals surface area contributed by atoms with Crippen LogP contribution in [0.1, 0.15) is 26.7 Å². The molecule has 3 heteroatoms. The van der Waals surface area contributed by atoms with Crippen LogP contribution in [0, 0.1) is 0 Å². The maximum atomic E-state index is 12.8. The van der Waals surface area contributed by atoms with Gasteiger partial charge in [0.25, 0.3) is 0 Å². The molecular weight excluding hydrogens is 177 g/mol. The Morgan fingerprint density at radius 3 is 2.42 bits per heavy atom. The van der Waals surface area contributed by atoms with Crippen LogP contribution >= 0.6 is 11.6 Å². The van der Waals surface area contributed by atoms with Gasteiger partial charge in [-0.3, -0.25) is 0 Å². The Hall–Kier alpha value is -0.500. The van der Waals surface area contributed by atoms with Gasteiger partial charge < -0.3 is 5.32 Å². The molecule has 0 amide bonds. The molecule has 0 spiro atoms. The quantitative estimate of drug-likeness (QED) is 0.671. The van der Waals surface area contributed by atoms with E-state index in [1.165, 1.54) is 6.08 Å². The van der Waals surface area contributed by atoms with Crippen LogP contribution in [-0.4, -0.2) is 7.05 Å². The van der Waals surface area contributed by atoms with Crippen LogP contribution < -0.4 is 5.32 Å². The first-order valence-electron chi connectivity index (χ1n) is 4.18. The first-order chi connectivity index (χ1) is 5.75. The van der Waals surface area contributed by atoms with Gasteiger partial charge in [0.1, 0.15) is 5.83 Å². The van der Waals surface area contributed by atoms with Gasteiger partial charge in [-0.05, 0) is 18.9 Å². The number of hydrogen-bond acceptors (Lipinski definition) is 1. The number of nitrogens with one attached hydrogen (secondary N) is 1. The van der Waals surface area contributed by atoms with Crippen LogP contribution in [0.4, 0.5) is 4.39 Å². The number of likely N-dealkylation sites (N-methyl/N-ethyl adjacent to an activating group) is 1. The van der Waals surface area contributed by atoms with Gasteiger partial charge in [0.05, 0.1) is 5.70 Å². The van der Waals surface area contributed by atoms with Crippen molar-refractivity contribution in [1.82, 2.24) is 5.32 Å². The topological polar surface area (TPSA) is 12.0 Å². The van der Waals surface area contributed by atoms with E-state index in [4.69, 9.17) is 11.6 Å². The van der Waals surface area contributed by atoms with Crippen LogP contribution in [0.3, 0.4) is 0 Å². The first-order valence-corrected chi connectivity index (χ1v) is 4.56. The number of halogens is 2. The molecular formula is C9H15ClFN. The van der Waals surface area contributed by atoms with E-state index in [1.807, 2.05) is 13.8 Å². The van der Waals surface area contributed by atoms with E-state index in [-0.39, 0.29) is 5.83 Å². The van der Waals surface area contributed by atoms with E-state index in [2.05, 4.69) is 5.32 Å². The molecule has 0 radical (unpaired) electrons. The fourth-order valence-corrected chi connectivity index (χ4v) is 1.23. The summed E-state index contributed by atoms with van der Waals surface area (Å²) in [6.45, 7) is 4.00. The average Bonchev–Trinajstić information content (AvgIpc) is 2.08. The van der Waals surface area contributed by atoms with Crippen LogP contribution in [0.5, 0.6) is 0 Å². The van der Waals surface area contributed by atoms with Gasteiger partial charge in [0.2, 0.25) is 0 Å². The van der Waals surface area contributed by atoms with Crippen LogP contribution in [0.2, 0.25) is 0 Å². The molecule has 70 valence electrons. The van der Waals surface area contributed by atoms with Crippen molar-refractivity contribution in [3.05, 3.63) is 22.6 Å². The maximum Gasteiger partial charge on any atom is 0.143 e. The molecule has 1 nitrogen and oxygen atoms in total. The van der Waals surface area contributed by atoms with Crippen molar-refractivity contribution in [2.24, 2.45) is 0 Å². The molecule has 1 N–H and O–H groups in total. The highest BCUT2D eigenvalue weighted by Crippen LogP contribution is 2.26. The Bertz CT molecular complexity index is 197. The SMILES string of the molecule is CC.CNC1=C(Cl)CCC=C1F. The minimum absolute atomic E-state index is 0.237. The van der Waals surface area contributed by atoms with Crippen molar-refractivity contribution in [1.29, 1.82) is 0 Å². The number of hydrogen-bond donors (Lipinski definition) is 1. The van der Waals surface area contributed by atoms with Crippen molar-refractivity contribution in [3.63, 3.8) is 0 Å². The molecule has 0 heterocycles. The second-order valence-corrected chi connectivity index (χ2v) is 2.58. The Balaban J connectivity index is 0.000000561. The van der Waals surface area contributed by atoms with Gasteiger partial charge in [-0.1, -0.05) is 25.4 Å². The van der Waals surface area contributed by atoms with Crippen LogP contribution in [0.15, 0.2) is 22.6 Å². The Morgan fingerprint density at radius 2 is 2.08 bits per heavy atom. The average molecular weight is 192 g/mol. The van der Waals surface area contributed by atoms with Gasteiger partial charge in [0.15, 0.2) is 0 Å². The molecule has 0 aromatic rings. The summed E-state index contributed by atoms with van der Waals surface area (Å²) in [5, 5.41) is 3.29. The molecule has 1 aliphatic rings. The third-order valence-corrected chi connectivity index (χ3v) is 1.83. The van der Waals surface area contributed by atoms with E-state index in [0.29, 0.717) is 17.2 Å². The predicted octanol–water partition coefficient (Wildman–Crippen LogP) is 3.33. The lowest BCUT2D eigenvalue weighted by molar-refractivity contribution is 0.614. The van der Waals surface area contributed by atoms with E-state index in [1.54, 1.807) is 7.05 Å². The molecule has 0 saturated heterocycles. The fraction of sp³-hybridized carbons (Fsp3) is 0.556. The summed E-state index contributed by atoms with van der Waals surface area (Å²) in [6.07, 6.45) is 2.98. The standard InChI is InChI=1S/C7H9ClFN.C2H6/c1-10-7-5(8)3-2-4-6(7)9;1-2/h4,10H,2-3H2,1H3;1-2H3. The third-order valence-electron chi connectivity index (χ3n) is 1.45. The van der Waals surface area contributed by atoms with Gasteiger partial charge in [0, 0.05) is 12.1 Å². The highest BCUT2D eigenvalue weighted by molar-refractivity contribution is 6.30. The van der Waals surface area contributed by atoms with E-state index in [0.717, 1.165) is 6.42 Å². The molecule has 0 fully saturated rings. The van der Waals surface area contributed by atoms with Crippen LogP contribution in [0.25, 0.3) is 0 Å². The summed E-state index contributed by atoms with van der Waals surface area (Å²) in [6, 6.07) is 0. The Morgan fingerprint density at radius 1 is 1.50 bits per heavy atom. The lowest BCUT2D eigenvalue weighted by Crippen LogP contribution is -2.10. The lowest BCUT2D eigenvalue weighted by atomic mass is 10.1. The van der Waals surface area contributed by atoms with Gasteiger partial charge >= 0.3 is 0 Å². The zero-order valence-electron chi connectivity index (χ0n) is 7.75. The summed E-state index contributed by atoms with van der Waals surface area (Å²) < 4.78 is 12.8. The van der Waals surface area contributed by atoms with Crippen molar-refractivity contribution in [3.8, 4) is 0 Å². The molecule has 0 atom stereocenters. The maximum absolute atomic E-state index is 12.8. The number of rotatable bonds is 1. The number of allylic oxidation sites excluding steroid dienone is 3. The molecule has 1 aliphatic carbocycles. The zero-order chi connectivity index (χ0) is 9.56. The van der Waals surface area contributed by atoms with Crippen molar-refractivity contribution in [2.75, 3.05) is 7.05 Å². The van der Waals surface area contributed by atoms with E-state index in [9.17, 15) is 4.39 Å². The first kappa shape index (κ1) is 11.5. The molecule has 0 aromatic heterocycles. The lowest BCUT2D eigenvalue weighted by Gasteiger charge is -2.11.